The van der Waals surface area contributed by atoms with Crippen molar-refractivity contribution >= 4 is 33.3 Å². The molecule has 0 spiro atoms. The van der Waals surface area contributed by atoms with Gasteiger partial charge in [0.2, 0.25) is 5.88 Å². The number of benzene rings is 1. The van der Waals surface area contributed by atoms with Crippen molar-refractivity contribution in [2.75, 3.05) is 25.6 Å². The summed E-state index contributed by atoms with van der Waals surface area (Å²) < 4.78 is 14.9. The van der Waals surface area contributed by atoms with Crippen LogP contribution in [0.5, 0.6) is 5.88 Å². The molecule has 11 nitrogen and oxygen atoms in total. The standard InChI is InChI=1S/C26H30BrN5O6/c1-16(13-28-22-12-18(27)6-9-23(22)32(35)36)5-4-10-38-25-21(14-29-30(25)2)20-11-17(26(34)37-3)15-31(24(20)33)19-7-8-19/h6,9,11-12,14-16,19,28H,4-5,7-8,10,13H2,1-3H3/t16-/m1/s1. The number of nitro groups is 1. The van der Waals surface area contributed by atoms with Crippen LogP contribution < -0.4 is 15.6 Å². The molecule has 1 aromatic carbocycles. The fourth-order valence-electron chi connectivity index (χ4n) is 4.23. The Kier molecular flexibility index (Phi) is 8.50. The van der Waals surface area contributed by atoms with Crippen LogP contribution in [0.15, 0.2) is 45.9 Å². The number of hydrogen-bond acceptors (Lipinski definition) is 8. The van der Waals surface area contributed by atoms with Gasteiger partial charge in [-0.2, -0.15) is 5.10 Å². The largest absolute Gasteiger partial charge is 0.477 e. The van der Waals surface area contributed by atoms with Gasteiger partial charge in [-0.3, -0.25) is 14.9 Å². The summed E-state index contributed by atoms with van der Waals surface area (Å²) in [7, 11) is 3.05. The van der Waals surface area contributed by atoms with Crippen molar-refractivity contribution in [3.63, 3.8) is 0 Å². The number of aromatic nitrogens is 3. The van der Waals surface area contributed by atoms with E-state index in [2.05, 4.69) is 33.3 Å². The van der Waals surface area contributed by atoms with Crippen LogP contribution in [0.4, 0.5) is 11.4 Å². The molecule has 0 bridgehead atoms. The minimum absolute atomic E-state index is 0.0319. The molecule has 0 saturated heterocycles. The maximum absolute atomic E-state index is 13.2. The third kappa shape index (κ3) is 6.24. The van der Waals surface area contributed by atoms with Crippen LogP contribution in [0.25, 0.3) is 11.1 Å². The van der Waals surface area contributed by atoms with E-state index in [1.807, 2.05) is 0 Å². The summed E-state index contributed by atoms with van der Waals surface area (Å²) >= 11 is 3.35. The second-order valence-electron chi connectivity index (χ2n) is 9.46. The molecule has 0 unspecified atom stereocenters. The molecule has 0 radical (unpaired) electrons. The zero-order valence-electron chi connectivity index (χ0n) is 21.5. The van der Waals surface area contributed by atoms with Gasteiger partial charge in [-0.25, -0.2) is 9.48 Å². The average molecular weight is 588 g/mol. The summed E-state index contributed by atoms with van der Waals surface area (Å²) in [5, 5.41) is 18.7. The van der Waals surface area contributed by atoms with Gasteiger partial charge in [-0.15, -0.1) is 0 Å². The molecule has 1 N–H and O–H groups in total. The van der Waals surface area contributed by atoms with Crippen molar-refractivity contribution in [2.24, 2.45) is 13.0 Å². The Bertz CT molecular complexity index is 1400. The third-order valence-corrected chi connectivity index (χ3v) is 6.95. The summed E-state index contributed by atoms with van der Waals surface area (Å²) in [6.07, 6.45) is 6.45. The molecule has 1 atom stereocenters. The van der Waals surface area contributed by atoms with Gasteiger partial charge in [-0.1, -0.05) is 22.9 Å². The van der Waals surface area contributed by atoms with Gasteiger partial charge in [0, 0.05) is 36.4 Å². The van der Waals surface area contributed by atoms with Gasteiger partial charge in [0.15, 0.2) is 0 Å². The number of carbonyl (C=O) groups excluding carboxylic acids is 1. The van der Waals surface area contributed by atoms with Crippen molar-refractivity contribution in [1.82, 2.24) is 14.3 Å². The third-order valence-electron chi connectivity index (χ3n) is 6.46. The van der Waals surface area contributed by atoms with Crippen LogP contribution in [0.1, 0.15) is 49.0 Å². The lowest BCUT2D eigenvalue weighted by atomic mass is 10.1. The molecule has 1 saturated carbocycles. The summed E-state index contributed by atoms with van der Waals surface area (Å²) in [6, 6.07) is 6.43. The van der Waals surface area contributed by atoms with E-state index >= 15 is 0 Å². The number of pyridine rings is 1. The molecule has 38 heavy (non-hydrogen) atoms. The van der Waals surface area contributed by atoms with E-state index in [0.717, 1.165) is 30.2 Å². The lowest BCUT2D eigenvalue weighted by Crippen LogP contribution is -2.22. The van der Waals surface area contributed by atoms with E-state index in [1.54, 1.807) is 40.8 Å². The van der Waals surface area contributed by atoms with E-state index in [0.29, 0.717) is 41.4 Å². The number of hydrogen-bond donors (Lipinski definition) is 1. The van der Waals surface area contributed by atoms with E-state index in [1.165, 1.54) is 19.2 Å². The zero-order chi connectivity index (χ0) is 27.4. The van der Waals surface area contributed by atoms with Crippen LogP contribution >= 0.6 is 15.9 Å². The Labute approximate surface area is 228 Å². The number of aryl methyl sites for hydroxylation is 1. The van der Waals surface area contributed by atoms with E-state index < -0.39 is 10.9 Å². The first kappa shape index (κ1) is 27.4. The van der Waals surface area contributed by atoms with Crippen molar-refractivity contribution in [1.29, 1.82) is 0 Å². The van der Waals surface area contributed by atoms with E-state index in [-0.39, 0.29) is 23.2 Å². The fourth-order valence-corrected chi connectivity index (χ4v) is 4.59. The molecular weight excluding hydrogens is 558 g/mol. The highest BCUT2D eigenvalue weighted by molar-refractivity contribution is 9.10. The summed E-state index contributed by atoms with van der Waals surface area (Å²) in [6.45, 7) is 3.02. The van der Waals surface area contributed by atoms with Crippen LogP contribution in [-0.2, 0) is 11.8 Å². The number of esters is 1. The molecule has 2 aromatic heterocycles. The summed E-state index contributed by atoms with van der Waals surface area (Å²) in [4.78, 5) is 36.4. The molecule has 1 aliphatic carbocycles. The first-order chi connectivity index (χ1) is 18.2. The van der Waals surface area contributed by atoms with Crippen LogP contribution in [-0.4, -0.2) is 45.5 Å². The molecule has 1 fully saturated rings. The highest BCUT2D eigenvalue weighted by Crippen LogP contribution is 2.35. The monoisotopic (exact) mass is 587 g/mol. The SMILES string of the molecule is COC(=O)c1cc(-c2cnn(C)c2OCCC[C@@H](C)CNc2cc(Br)ccc2[N+](=O)[O-])c(=O)n(C2CC2)c1. The van der Waals surface area contributed by atoms with Gasteiger partial charge in [0.05, 0.1) is 41.5 Å². The minimum atomic E-state index is -0.511. The number of nitrogens with zero attached hydrogens (tertiary/aromatic N) is 4. The number of methoxy groups -OCH3 is 1. The van der Waals surface area contributed by atoms with Crippen molar-refractivity contribution in [2.45, 2.75) is 38.6 Å². The van der Waals surface area contributed by atoms with Gasteiger partial charge in [0.1, 0.15) is 5.69 Å². The minimum Gasteiger partial charge on any atom is -0.477 e. The Morgan fingerprint density at radius 3 is 2.76 bits per heavy atom. The van der Waals surface area contributed by atoms with Crippen molar-refractivity contribution in [3.8, 4) is 17.0 Å². The molecule has 202 valence electrons. The number of carbonyl (C=O) groups is 1. The first-order valence-corrected chi connectivity index (χ1v) is 13.2. The molecule has 12 heteroatoms. The van der Waals surface area contributed by atoms with Crippen LogP contribution in [0.2, 0.25) is 0 Å². The second kappa shape index (κ2) is 11.8. The molecule has 2 heterocycles. The Hall–Kier alpha value is -3.67. The zero-order valence-corrected chi connectivity index (χ0v) is 23.1. The van der Waals surface area contributed by atoms with Crippen molar-refractivity contribution < 1.29 is 19.2 Å². The van der Waals surface area contributed by atoms with Gasteiger partial charge in [-0.05, 0) is 49.8 Å². The van der Waals surface area contributed by atoms with Crippen LogP contribution in [0.3, 0.4) is 0 Å². The number of ether oxygens (including phenoxy) is 2. The number of anilines is 1. The average Bonchev–Trinajstić information content (AvgIpc) is 3.67. The number of halogens is 1. The van der Waals surface area contributed by atoms with E-state index in [4.69, 9.17) is 9.47 Å². The number of nitrogens with one attached hydrogen (secondary N) is 1. The molecular formula is C26H30BrN5O6. The Balaban J connectivity index is 1.40. The molecule has 0 aliphatic heterocycles. The maximum atomic E-state index is 13.2. The Morgan fingerprint density at radius 1 is 1.32 bits per heavy atom. The first-order valence-electron chi connectivity index (χ1n) is 12.4. The highest BCUT2D eigenvalue weighted by Gasteiger charge is 2.28. The number of rotatable bonds is 12. The highest BCUT2D eigenvalue weighted by atomic mass is 79.9. The normalized spacial score (nSPS) is 13.7. The summed E-state index contributed by atoms with van der Waals surface area (Å²) in [5.41, 5.74) is 1.48. The number of nitro benzene ring substituents is 1. The van der Waals surface area contributed by atoms with Crippen molar-refractivity contribution in [3.05, 3.63) is 67.2 Å². The summed E-state index contributed by atoms with van der Waals surface area (Å²) in [5.74, 6) is 0.162. The van der Waals surface area contributed by atoms with Crippen LogP contribution in [0, 0.1) is 16.0 Å². The molecule has 3 aromatic rings. The lowest BCUT2D eigenvalue weighted by Gasteiger charge is -2.15. The maximum Gasteiger partial charge on any atom is 0.339 e. The topological polar surface area (TPSA) is 131 Å². The van der Waals surface area contributed by atoms with Gasteiger partial charge in [0.25, 0.3) is 11.2 Å². The van der Waals surface area contributed by atoms with Gasteiger partial charge >= 0.3 is 5.97 Å². The smallest absolute Gasteiger partial charge is 0.339 e. The van der Waals surface area contributed by atoms with Gasteiger partial charge < -0.3 is 19.4 Å². The quantitative estimate of drug-likeness (QED) is 0.136. The lowest BCUT2D eigenvalue weighted by molar-refractivity contribution is -0.384. The molecule has 1 aliphatic rings. The predicted octanol–water partition coefficient (Wildman–Crippen LogP) is 4.95. The molecule has 4 rings (SSSR count). The predicted molar refractivity (Wildman–Crippen MR) is 146 cm³/mol. The fraction of sp³-hybridized carbons (Fsp3) is 0.423. The second-order valence-corrected chi connectivity index (χ2v) is 10.4. The molecule has 0 amide bonds. The Morgan fingerprint density at radius 2 is 2.08 bits per heavy atom. The van der Waals surface area contributed by atoms with E-state index in [9.17, 15) is 19.7 Å².